The molecule has 0 fully saturated rings. The maximum absolute atomic E-state index is 6.49. The normalized spacial score (nSPS) is 11.8. The fourth-order valence-corrected chi connectivity index (χ4v) is 5.24. The van der Waals surface area contributed by atoms with Crippen LogP contribution < -0.4 is 0 Å². The van der Waals surface area contributed by atoms with Crippen molar-refractivity contribution in [1.29, 1.82) is 0 Å². The summed E-state index contributed by atoms with van der Waals surface area (Å²) in [6, 6.07) is 37.7. The molecular weight excluding hydrogens is 426 g/mol. The largest absolute Gasteiger partial charge is 0.454 e. The van der Waals surface area contributed by atoms with E-state index in [0.717, 1.165) is 49.1 Å². The summed E-state index contributed by atoms with van der Waals surface area (Å²) < 4.78 is 8.70. The van der Waals surface area contributed by atoms with Gasteiger partial charge in [-0.1, -0.05) is 84.4 Å². The Bertz CT molecular complexity index is 1830. The maximum Gasteiger partial charge on any atom is 0.159 e. The van der Waals surface area contributed by atoms with E-state index in [1.165, 1.54) is 16.5 Å². The standard InChI is InChI=1S/C30H18ClNO/c31-20-16-17-25-24(18-20)29-21(19-8-2-1-3-9-19)11-6-13-26(29)32(25)27-14-7-12-23-22-10-4-5-15-28(22)33-30(23)27/h1-18H. The van der Waals surface area contributed by atoms with E-state index < -0.39 is 0 Å². The van der Waals surface area contributed by atoms with Crippen molar-refractivity contribution >= 4 is 55.3 Å². The molecule has 2 nitrogen and oxygen atoms in total. The van der Waals surface area contributed by atoms with Crippen molar-refractivity contribution in [2.45, 2.75) is 0 Å². The summed E-state index contributed by atoms with van der Waals surface area (Å²) in [5.74, 6) is 0. The number of aromatic nitrogens is 1. The molecule has 0 bridgehead atoms. The van der Waals surface area contributed by atoms with Crippen LogP contribution in [0.25, 0.3) is 60.6 Å². The lowest BCUT2D eigenvalue weighted by Crippen LogP contribution is -1.94. The van der Waals surface area contributed by atoms with Gasteiger partial charge in [0.1, 0.15) is 5.58 Å². The maximum atomic E-state index is 6.49. The Balaban J connectivity index is 1.66. The molecule has 0 saturated heterocycles. The molecule has 156 valence electrons. The predicted molar refractivity (Wildman–Crippen MR) is 139 cm³/mol. The zero-order valence-corrected chi connectivity index (χ0v) is 18.4. The van der Waals surface area contributed by atoms with Crippen molar-refractivity contribution < 1.29 is 4.42 Å². The van der Waals surface area contributed by atoms with Crippen LogP contribution in [0, 0.1) is 0 Å². The van der Waals surface area contributed by atoms with Crippen molar-refractivity contribution in [1.82, 2.24) is 4.57 Å². The minimum absolute atomic E-state index is 0.728. The van der Waals surface area contributed by atoms with E-state index in [-0.39, 0.29) is 0 Å². The molecule has 0 saturated carbocycles. The lowest BCUT2D eigenvalue weighted by atomic mass is 9.99. The van der Waals surface area contributed by atoms with Crippen molar-refractivity contribution in [3.63, 3.8) is 0 Å². The molecule has 7 aromatic rings. The van der Waals surface area contributed by atoms with E-state index in [0.29, 0.717) is 0 Å². The number of hydrogen-bond donors (Lipinski definition) is 0. The molecule has 33 heavy (non-hydrogen) atoms. The summed E-state index contributed by atoms with van der Waals surface area (Å²) in [7, 11) is 0. The summed E-state index contributed by atoms with van der Waals surface area (Å²) in [4.78, 5) is 0. The van der Waals surface area contributed by atoms with Gasteiger partial charge in [-0.05, 0) is 47.5 Å². The zero-order valence-electron chi connectivity index (χ0n) is 17.6. The number of nitrogens with zero attached hydrogens (tertiary/aromatic N) is 1. The lowest BCUT2D eigenvalue weighted by Gasteiger charge is -2.09. The Morgan fingerprint density at radius 3 is 2.30 bits per heavy atom. The first-order chi connectivity index (χ1) is 16.3. The molecule has 0 aliphatic rings. The second-order valence-corrected chi connectivity index (χ2v) is 8.75. The minimum Gasteiger partial charge on any atom is -0.454 e. The van der Waals surface area contributed by atoms with Gasteiger partial charge in [-0.2, -0.15) is 0 Å². The van der Waals surface area contributed by atoms with E-state index in [2.05, 4.69) is 89.5 Å². The van der Waals surface area contributed by atoms with Crippen LogP contribution in [0.15, 0.2) is 114 Å². The van der Waals surface area contributed by atoms with Crippen LogP contribution in [0.3, 0.4) is 0 Å². The Kier molecular flexibility index (Phi) is 3.93. The van der Waals surface area contributed by atoms with Gasteiger partial charge in [0.2, 0.25) is 0 Å². The van der Waals surface area contributed by atoms with Crippen LogP contribution in [0.5, 0.6) is 0 Å². The highest BCUT2D eigenvalue weighted by Gasteiger charge is 2.19. The van der Waals surface area contributed by atoms with Crippen LogP contribution in [-0.2, 0) is 0 Å². The fraction of sp³-hybridized carbons (Fsp3) is 0. The quantitative estimate of drug-likeness (QED) is 0.260. The molecule has 0 spiro atoms. The monoisotopic (exact) mass is 443 g/mol. The smallest absolute Gasteiger partial charge is 0.159 e. The van der Waals surface area contributed by atoms with E-state index in [9.17, 15) is 0 Å². The van der Waals surface area contributed by atoms with Gasteiger partial charge in [-0.25, -0.2) is 0 Å². The molecule has 0 amide bonds. The third-order valence-electron chi connectivity index (χ3n) is 6.46. The highest BCUT2D eigenvalue weighted by molar-refractivity contribution is 6.32. The summed E-state index contributed by atoms with van der Waals surface area (Å²) in [6.45, 7) is 0. The van der Waals surface area contributed by atoms with Gasteiger partial charge in [0.05, 0.1) is 16.7 Å². The second kappa shape index (κ2) is 6.99. The van der Waals surface area contributed by atoms with Gasteiger partial charge in [0.25, 0.3) is 0 Å². The summed E-state index contributed by atoms with van der Waals surface area (Å²) in [6.07, 6.45) is 0. The Labute approximate surface area is 195 Å². The highest BCUT2D eigenvalue weighted by Crippen LogP contribution is 2.41. The van der Waals surface area contributed by atoms with Crippen LogP contribution in [0.1, 0.15) is 0 Å². The van der Waals surface area contributed by atoms with Gasteiger partial charge in [-0.3, -0.25) is 0 Å². The minimum atomic E-state index is 0.728. The number of rotatable bonds is 2. The molecule has 2 aromatic heterocycles. The average molecular weight is 444 g/mol. The van der Waals surface area contributed by atoms with E-state index in [1.54, 1.807) is 0 Å². The van der Waals surface area contributed by atoms with E-state index in [1.807, 2.05) is 24.3 Å². The Morgan fingerprint density at radius 2 is 1.39 bits per heavy atom. The number of benzene rings is 5. The van der Waals surface area contributed by atoms with Gasteiger partial charge >= 0.3 is 0 Å². The first-order valence-electron chi connectivity index (χ1n) is 11.0. The summed E-state index contributed by atoms with van der Waals surface area (Å²) in [5, 5.41) is 5.29. The van der Waals surface area contributed by atoms with Gasteiger partial charge < -0.3 is 8.98 Å². The van der Waals surface area contributed by atoms with Crippen molar-refractivity contribution in [3.05, 3.63) is 114 Å². The van der Waals surface area contributed by atoms with Crippen molar-refractivity contribution in [3.8, 4) is 16.8 Å². The molecule has 0 aliphatic heterocycles. The van der Waals surface area contributed by atoms with Gasteiger partial charge in [-0.15, -0.1) is 0 Å². The van der Waals surface area contributed by atoms with Crippen LogP contribution in [0.2, 0.25) is 5.02 Å². The van der Waals surface area contributed by atoms with Crippen LogP contribution in [0.4, 0.5) is 0 Å². The summed E-state index contributed by atoms with van der Waals surface area (Å²) >= 11 is 6.49. The fourth-order valence-electron chi connectivity index (χ4n) is 5.07. The third-order valence-corrected chi connectivity index (χ3v) is 6.70. The third kappa shape index (κ3) is 2.68. The second-order valence-electron chi connectivity index (χ2n) is 8.31. The average Bonchev–Trinajstić information content (AvgIpc) is 3.40. The van der Waals surface area contributed by atoms with Crippen LogP contribution >= 0.6 is 11.6 Å². The summed E-state index contributed by atoms with van der Waals surface area (Å²) in [5.41, 5.74) is 7.41. The molecule has 3 heteroatoms. The Morgan fingerprint density at radius 1 is 0.606 bits per heavy atom. The molecule has 7 rings (SSSR count). The van der Waals surface area contributed by atoms with E-state index >= 15 is 0 Å². The van der Waals surface area contributed by atoms with E-state index in [4.69, 9.17) is 16.0 Å². The number of fused-ring (bicyclic) bond motifs is 6. The number of halogens is 1. The first kappa shape index (κ1) is 18.6. The molecule has 2 heterocycles. The lowest BCUT2D eigenvalue weighted by molar-refractivity contribution is 0.666. The topological polar surface area (TPSA) is 18.1 Å². The van der Waals surface area contributed by atoms with Crippen LogP contribution in [-0.4, -0.2) is 4.57 Å². The molecular formula is C30H18ClNO. The van der Waals surface area contributed by atoms with Crippen molar-refractivity contribution in [2.75, 3.05) is 0 Å². The molecule has 0 N–H and O–H groups in total. The van der Waals surface area contributed by atoms with Gasteiger partial charge in [0, 0.05) is 26.6 Å². The SMILES string of the molecule is Clc1ccc2c(c1)c1c(-c3ccccc3)cccc1n2-c1cccc2c1oc1ccccc12. The Hall–Kier alpha value is -4.01. The highest BCUT2D eigenvalue weighted by atomic mass is 35.5. The predicted octanol–water partition coefficient (Wildman–Crippen LogP) is 9.00. The van der Waals surface area contributed by atoms with Gasteiger partial charge in [0.15, 0.2) is 5.58 Å². The molecule has 0 unspecified atom stereocenters. The molecule has 0 atom stereocenters. The zero-order chi connectivity index (χ0) is 21.9. The van der Waals surface area contributed by atoms with Crippen molar-refractivity contribution in [2.24, 2.45) is 0 Å². The number of hydrogen-bond acceptors (Lipinski definition) is 1. The molecule has 0 aliphatic carbocycles. The first-order valence-corrected chi connectivity index (χ1v) is 11.4. The molecule has 0 radical (unpaired) electrons. The molecule has 5 aromatic carbocycles. The number of para-hydroxylation sites is 2. The number of furan rings is 1.